The van der Waals surface area contributed by atoms with Crippen LogP contribution in [0.5, 0.6) is 0 Å². The van der Waals surface area contributed by atoms with Crippen molar-refractivity contribution < 1.29 is 18.7 Å². The zero-order chi connectivity index (χ0) is 18.0. The van der Waals surface area contributed by atoms with Gasteiger partial charge in [-0.05, 0) is 61.7 Å². The molecule has 3 saturated carbocycles. The van der Waals surface area contributed by atoms with E-state index in [1.165, 1.54) is 12.5 Å². The molecule has 0 aromatic heterocycles. The fourth-order valence-electron chi connectivity index (χ4n) is 6.71. The van der Waals surface area contributed by atoms with E-state index in [0.717, 1.165) is 38.5 Å². The quantitative estimate of drug-likeness (QED) is 0.521. The average molecular weight is 348 g/mol. The number of hydrogen-bond donors (Lipinski definition) is 0. The molecule has 0 heterocycles. The van der Waals surface area contributed by atoms with E-state index in [0.29, 0.717) is 18.3 Å². The second-order valence-electron chi connectivity index (χ2n) is 9.26. The Bertz CT molecular complexity index is 641. The summed E-state index contributed by atoms with van der Waals surface area (Å²) in [5.74, 6) is 0.795. The molecule has 4 aliphatic carbocycles. The van der Waals surface area contributed by atoms with Crippen LogP contribution in [0.25, 0.3) is 0 Å². The van der Waals surface area contributed by atoms with Crippen LogP contribution in [0.3, 0.4) is 0 Å². The molecule has 2 unspecified atom stereocenters. The molecule has 3 fully saturated rings. The Morgan fingerprint density at radius 3 is 2.64 bits per heavy atom. The fraction of sp³-hybridized carbons (Fsp3) is 0.810. The molecule has 0 bridgehead atoms. The standard InChI is InChI=1S/C21H29FO3/c1-12(23)25-14-6-8-20(2)13(10-14)4-5-15-16(20)7-9-21(3)17(15)11-18(22)19(21)24/h4,14-18H,5-11H2,1-3H3/t14?,15-,16+,17+,18?,20+,21+/m1/s1. The molecule has 0 aromatic rings. The van der Waals surface area contributed by atoms with Crippen molar-refractivity contribution in [1.82, 2.24) is 0 Å². The molecule has 7 atom stereocenters. The van der Waals surface area contributed by atoms with Crippen LogP contribution >= 0.6 is 0 Å². The highest BCUT2D eigenvalue weighted by molar-refractivity contribution is 5.91. The summed E-state index contributed by atoms with van der Waals surface area (Å²) in [7, 11) is 0. The average Bonchev–Trinajstić information content (AvgIpc) is 2.78. The third-order valence-electron chi connectivity index (χ3n) is 8.09. The van der Waals surface area contributed by atoms with Crippen LogP contribution in [-0.4, -0.2) is 24.0 Å². The monoisotopic (exact) mass is 348 g/mol. The number of esters is 1. The lowest BCUT2D eigenvalue weighted by atomic mass is 9.48. The minimum Gasteiger partial charge on any atom is -0.462 e. The van der Waals surface area contributed by atoms with Gasteiger partial charge in [0.15, 0.2) is 12.0 Å². The molecule has 0 aromatic carbocycles. The topological polar surface area (TPSA) is 43.4 Å². The maximum atomic E-state index is 14.2. The van der Waals surface area contributed by atoms with Crippen molar-refractivity contribution in [2.24, 2.45) is 28.6 Å². The molecule has 0 N–H and O–H groups in total. The van der Waals surface area contributed by atoms with Gasteiger partial charge in [-0.1, -0.05) is 25.5 Å². The second-order valence-corrected chi connectivity index (χ2v) is 9.26. The summed E-state index contributed by atoms with van der Waals surface area (Å²) in [5.41, 5.74) is 1.10. The zero-order valence-electron chi connectivity index (χ0n) is 15.5. The van der Waals surface area contributed by atoms with Gasteiger partial charge < -0.3 is 4.74 Å². The first kappa shape index (κ1) is 17.2. The van der Waals surface area contributed by atoms with Crippen LogP contribution in [0, 0.1) is 28.6 Å². The van der Waals surface area contributed by atoms with Gasteiger partial charge in [0, 0.05) is 18.8 Å². The van der Waals surface area contributed by atoms with Gasteiger partial charge in [-0.25, -0.2) is 4.39 Å². The molecule has 3 nitrogen and oxygen atoms in total. The van der Waals surface area contributed by atoms with Crippen molar-refractivity contribution in [2.45, 2.75) is 78.0 Å². The van der Waals surface area contributed by atoms with Crippen LogP contribution in [0.4, 0.5) is 4.39 Å². The van der Waals surface area contributed by atoms with Crippen molar-refractivity contribution in [3.63, 3.8) is 0 Å². The third kappa shape index (κ3) is 2.43. The van der Waals surface area contributed by atoms with E-state index in [-0.39, 0.29) is 29.2 Å². The maximum absolute atomic E-state index is 14.2. The number of rotatable bonds is 1. The van der Waals surface area contributed by atoms with Gasteiger partial charge in [-0.2, -0.15) is 0 Å². The SMILES string of the molecule is CC(=O)OC1CC[C@@]2(C)C(=CC[C@@H]3[C@@H]2CC[C@]2(C)C(=O)C(F)C[C@@H]32)C1. The number of carbonyl (C=O) groups is 2. The van der Waals surface area contributed by atoms with Gasteiger partial charge in [0.2, 0.25) is 0 Å². The van der Waals surface area contributed by atoms with Crippen LogP contribution in [0.1, 0.15) is 65.7 Å². The van der Waals surface area contributed by atoms with Crippen molar-refractivity contribution in [1.29, 1.82) is 0 Å². The Hall–Kier alpha value is -1.19. The van der Waals surface area contributed by atoms with Gasteiger partial charge in [0.05, 0.1) is 0 Å². The fourth-order valence-corrected chi connectivity index (χ4v) is 6.71. The zero-order valence-corrected chi connectivity index (χ0v) is 15.5. The Balaban J connectivity index is 1.61. The van der Waals surface area contributed by atoms with Gasteiger partial charge in [-0.3, -0.25) is 9.59 Å². The van der Waals surface area contributed by atoms with Gasteiger partial charge >= 0.3 is 5.97 Å². The van der Waals surface area contributed by atoms with E-state index in [4.69, 9.17) is 4.74 Å². The smallest absolute Gasteiger partial charge is 0.302 e. The molecular formula is C21H29FO3. The second kappa shape index (κ2) is 5.65. The number of allylic oxidation sites excluding steroid dienone is 1. The van der Waals surface area contributed by atoms with E-state index in [2.05, 4.69) is 13.0 Å². The summed E-state index contributed by atoms with van der Waals surface area (Å²) in [6, 6.07) is 0. The number of ether oxygens (including phenoxy) is 1. The minimum atomic E-state index is -1.26. The molecule has 0 amide bonds. The first-order valence-corrected chi connectivity index (χ1v) is 9.81. The molecular weight excluding hydrogens is 319 g/mol. The van der Waals surface area contributed by atoms with E-state index >= 15 is 0 Å². The highest BCUT2D eigenvalue weighted by atomic mass is 19.1. The first-order valence-electron chi connectivity index (χ1n) is 9.81. The highest BCUT2D eigenvalue weighted by Gasteiger charge is 2.61. The lowest BCUT2D eigenvalue weighted by molar-refractivity contribution is -0.148. The Morgan fingerprint density at radius 1 is 1.20 bits per heavy atom. The van der Waals surface area contributed by atoms with E-state index < -0.39 is 11.6 Å². The molecule has 4 heteroatoms. The Labute approximate surface area is 149 Å². The normalized spacial score (nSPS) is 48.9. The summed E-state index contributed by atoms with van der Waals surface area (Å²) >= 11 is 0. The molecule has 4 rings (SSSR count). The third-order valence-corrected chi connectivity index (χ3v) is 8.09. The number of hydrogen-bond acceptors (Lipinski definition) is 3. The number of carbonyl (C=O) groups excluding carboxylic acids is 2. The van der Waals surface area contributed by atoms with E-state index in [1.807, 2.05) is 6.92 Å². The van der Waals surface area contributed by atoms with Crippen LogP contribution in [-0.2, 0) is 14.3 Å². The predicted octanol–water partition coefficient (Wildman–Crippen LogP) is 4.40. The Kier molecular flexibility index (Phi) is 3.90. The van der Waals surface area contributed by atoms with Gasteiger partial charge in [-0.15, -0.1) is 0 Å². The van der Waals surface area contributed by atoms with Crippen LogP contribution in [0.15, 0.2) is 11.6 Å². The van der Waals surface area contributed by atoms with Gasteiger partial charge in [0.25, 0.3) is 0 Å². The Morgan fingerprint density at radius 2 is 1.92 bits per heavy atom. The summed E-state index contributed by atoms with van der Waals surface area (Å²) in [6.07, 6.45) is 7.06. The number of fused-ring (bicyclic) bond motifs is 5. The maximum Gasteiger partial charge on any atom is 0.302 e. The number of ketones is 1. The summed E-state index contributed by atoms with van der Waals surface area (Å²) < 4.78 is 19.7. The molecule has 25 heavy (non-hydrogen) atoms. The number of halogens is 1. The number of alkyl halides is 1. The van der Waals surface area contributed by atoms with Crippen LogP contribution in [0.2, 0.25) is 0 Å². The number of Topliss-reactive ketones (excluding diaryl/α,β-unsaturated/α-hetero) is 1. The minimum absolute atomic E-state index is 0.00510. The lowest BCUT2D eigenvalue weighted by Gasteiger charge is -2.56. The molecule has 4 aliphatic rings. The van der Waals surface area contributed by atoms with Gasteiger partial charge in [0.1, 0.15) is 6.10 Å². The van der Waals surface area contributed by atoms with E-state index in [1.54, 1.807) is 0 Å². The molecule has 0 spiro atoms. The highest BCUT2D eigenvalue weighted by Crippen LogP contribution is 2.64. The summed E-state index contributed by atoms with van der Waals surface area (Å²) in [5, 5.41) is 0. The molecule has 0 aliphatic heterocycles. The van der Waals surface area contributed by atoms with Crippen molar-refractivity contribution >= 4 is 11.8 Å². The summed E-state index contributed by atoms with van der Waals surface area (Å²) in [6.45, 7) is 5.84. The molecule has 0 radical (unpaired) electrons. The predicted molar refractivity (Wildman–Crippen MR) is 92.5 cm³/mol. The van der Waals surface area contributed by atoms with Crippen molar-refractivity contribution in [2.75, 3.05) is 0 Å². The first-order chi connectivity index (χ1) is 11.8. The van der Waals surface area contributed by atoms with Crippen LogP contribution < -0.4 is 0 Å². The largest absolute Gasteiger partial charge is 0.462 e. The lowest BCUT2D eigenvalue weighted by Crippen LogP contribution is -2.50. The van der Waals surface area contributed by atoms with Crippen molar-refractivity contribution in [3.8, 4) is 0 Å². The van der Waals surface area contributed by atoms with Crippen molar-refractivity contribution in [3.05, 3.63) is 11.6 Å². The molecule has 138 valence electrons. The molecule has 0 saturated heterocycles. The summed E-state index contributed by atoms with van der Waals surface area (Å²) in [4.78, 5) is 23.7. The van der Waals surface area contributed by atoms with E-state index in [9.17, 15) is 14.0 Å².